The van der Waals surface area contributed by atoms with Crippen molar-refractivity contribution in [2.24, 2.45) is 0 Å². The number of ether oxygens (including phenoxy) is 1. The third-order valence-electron chi connectivity index (χ3n) is 2.48. The quantitative estimate of drug-likeness (QED) is 0.754. The summed E-state index contributed by atoms with van der Waals surface area (Å²) in [6.45, 7) is 0. The molecular formula is C11H11N3O5S. The molecule has 0 fully saturated rings. The highest BCUT2D eigenvalue weighted by atomic mass is 32.2. The Hall–Kier alpha value is -2.55. The zero-order chi connectivity index (χ0) is 14.8. The Balaban J connectivity index is 2.44. The maximum absolute atomic E-state index is 12.0. The number of hydrogen-bond donors (Lipinski definition) is 3. The average Bonchev–Trinajstić information content (AvgIpc) is 2.92. The first kappa shape index (κ1) is 13.9. The van der Waals surface area contributed by atoms with Crippen molar-refractivity contribution in [1.29, 1.82) is 0 Å². The average molecular weight is 297 g/mol. The van der Waals surface area contributed by atoms with Gasteiger partial charge in [0.15, 0.2) is 0 Å². The highest BCUT2D eigenvalue weighted by molar-refractivity contribution is 7.92. The second-order valence-corrected chi connectivity index (χ2v) is 5.44. The molecule has 0 saturated heterocycles. The van der Waals surface area contributed by atoms with E-state index in [0.29, 0.717) is 5.75 Å². The van der Waals surface area contributed by atoms with Crippen LogP contribution >= 0.6 is 0 Å². The number of carboxylic acid groups (broad SMARTS) is 1. The van der Waals surface area contributed by atoms with Gasteiger partial charge < -0.3 is 9.84 Å². The van der Waals surface area contributed by atoms with Crippen LogP contribution in [0.4, 0.5) is 5.69 Å². The lowest BCUT2D eigenvalue weighted by atomic mass is 10.2. The summed E-state index contributed by atoms with van der Waals surface area (Å²) in [7, 11) is -2.52. The van der Waals surface area contributed by atoms with Crippen LogP contribution in [0.15, 0.2) is 35.5 Å². The molecule has 0 spiro atoms. The van der Waals surface area contributed by atoms with Crippen molar-refractivity contribution in [2.75, 3.05) is 11.8 Å². The molecule has 0 aliphatic rings. The Morgan fingerprint density at radius 2 is 2.20 bits per heavy atom. The molecule has 0 bridgehead atoms. The first-order chi connectivity index (χ1) is 9.44. The predicted molar refractivity (Wildman–Crippen MR) is 69.3 cm³/mol. The number of nitrogens with one attached hydrogen (secondary N) is 2. The molecule has 0 atom stereocenters. The molecule has 20 heavy (non-hydrogen) atoms. The van der Waals surface area contributed by atoms with E-state index in [1.807, 2.05) is 0 Å². The lowest BCUT2D eigenvalue weighted by Crippen LogP contribution is -2.15. The van der Waals surface area contributed by atoms with Gasteiger partial charge in [-0.3, -0.25) is 9.82 Å². The van der Waals surface area contributed by atoms with Gasteiger partial charge in [-0.15, -0.1) is 0 Å². The molecule has 8 nitrogen and oxygen atoms in total. The molecule has 3 N–H and O–H groups in total. The van der Waals surface area contributed by atoms with Crippen LogP contribution < -0.4 is 9.46 Å². The Morgan fingerprint density at radius 3 is 2.75 bits per heavy atom. The van der Waals surface area contributed by atoms with E-state index >= 15 is 0 Å². The fraction of sp³-hybridized carbons (Fsp3) is 0.0909. The van der Waals surface area contributed by atoms with E-state index in [1.165, 1.54) is 31.5 Å². The van der Waals surface area contributed by atoms with Gasteiger partial charge in [0.1, 0.15) is 10.6 Å². The van der Waals surface area contributed by atoms with Gasteiger partial charge in [-0.05, 0) is 12.1 Å². The van der Waals surface area contributed by atoms with Gasteiger partial charge in [0, 0.05) is 12.3 Å². The minimum Gasteiger partial charge on any atom is -0.497 e. The summed E-state index contributed by atoms with van der Waals surface area (Å²) >= 11 is 0. The molecular weight excluding hydrogens is 286 g/mol. The summed E-state index contributed by atoms with van der Waals surface area (Å²) in [5.41, 5.74) is -0.268. The number of aromatic amines is 1. The summed E-state index contributed by atoms with van der Waals surface area (Å²) in [5, 5.41) is 15.0. The van der Waals surface area contributed by atoms with E-state index in [1.54, 1.807) is 0 Å². The molecule has 0 aliphatic carbocycles. The Kier molecular flexibility index (Phi) is 3.61. The Labute approximate surface area is 114 Å². The second kappa shape index (κ2) is 5.21. The summed E-state index contributed by atoms with van der Waals surface area (Å²) in [5.74, 6) is -0.919. The Bertz CT molecular complexity index is 725. The number of H-pyrrole nitrogens is 1. The lowest BCUT2D eigenvalue weighted by Gasteiger charge is -2.10. The summed E-state index contributed by atoms with van der Waals surface area (Å²) < 4.78 is 31.2. The molecule has 0 radical (unpaired) electrons. The molecule has 1 aromatic carbocycles. The zero-order valence-corrected chi connectivity index (χ0v) is 11.1. The number of carboxylic acids is 1. The van der Waals surface area contributed by atoms with Crippen LogP contribution in [0.2, 0.25) is 0 Å². The second-order valence-electron chi connectivity index (χ2n) is 3.76. The molecule has 0 unspecified atom stereocenters. The number of methoxy groups -OCH3 is 1. The zero-order valence-electron chi connectivity index (χ0n) is 10.3. The fourth-order valence-corrected chi connectivity index (χ4v) is 2.49. The molecule has 1 aromatic heterocycles. The third-order valence-corrected chi connectivity index (χ3v) is 3.82. The van der Waals surface area contributed by atoms with Gasteiger partial charge in [0.2, 0.25) is 0 Å². The molecule has 106 valence electrons. The SMILES string of the molecule is COc1ccc(C(=O)O)c(NS(=O)(=O)c2cn[nH]c2)c1. The van der Waals surface area contributed by atoms with Crippen LogP contribution in [0.3, 0.4) is 0 Å². The molecule has 0 amide bonds. The van der Waals surface area contributed by atoms with Crippen molar-refractivity contribution in [3.05, 3.63) is 36.2 Å². The van der Waals surface area contributed by atoms with Gasteiger partial charge >= 0.3 is 5.97 Å². The number of benzene rings is 1. The minimum absolute atomic E-state index is 0.0851. The molecule has 2 rings (SSSR count). The fourth-order valence-electron chi connectivity index (χ4n) is 1.51. The van der Waals surface area contributed by atoms with Crippen molar-refractivity contribution >= 4 is 21.7 Å². The van der Waals surface area contributed by atoms with E-state index < -0.39 is 16.0 Å². The van der Waals surface area contributed by atoms with Gasteiger partial charge in [0.05, 0.1) is 24.6 Å². The number of anilines is 1. The topological polar surface area (TPSA) is 121 Å². The Morgan fingerprint density at radius 1 is 1.45 bits per heavy atom. The highest BCUT2D eigenvalue weighted by Crippen LogP contribution is 2.25. The predicted octanol–water partition coefficient (Wildman–Crippen LogP) is 0.917. The van der Waals surface area contributed by atoms with Crippen molar-refractivity contribution in [3.8, 4) is 5.75 Å². The number of sulfonamides is 1. The van der Waals surface area contributed by atoms with E-state index in [-0.39, 0.29) is 16.1 Å². The van der Waals surface area contributed by atoms with Crippen LogP contribution in [0, 0.1) is 0 Å². The van der Waals surface area contributed by atoms with Gasteiger partial charge in [-0.1, -0.05) is 0 Å². The van der Waals surface area contributed by atoms with Crippen LogP contribution in [-0.4, -0.2) is 36.8 Å². The maximum Gasteiger partial charge on any atom is 0.337 e. The van der Waals surface area contributed by atoms with E-state index in [0.717, 1.165) is 6.20 Å². The monoisotopic (exact) mass is 297 g/mol. The molecule has 1 heterocycles. The number of hydrogen-bond acceptors (Lipinski definition) is 5. The highest BCUT2D eigenvalue weighted by Gasteiger charge is 2.20. The van der Waals surface area contributed by atoms with Gasteiger partial charge in [0.25, 0.3) is 10.0 Å². The normalized spacial score (nSPS) is 11.1. The van der Waals surface area contributed by atoms with Crippen molar-refractivity contribution < 1.29 is 23.1 Å². The number of aromatic carboxylic acids is 1. The van der Waals surface area contributed by atoms with Crippen molar-refractivity contribution in [1.82, 2.24) is 10.2 Å². The molecule has 0 aliphatic heterocycles. The van der Waals surface area contributed by atoms with E-state index in [9.17, 15) is 13.2 Å². The molecule has 2 aromatic rings. The number of carbonyl (C=O) groups is 1. The van der Waals surface area contributed by atoms with Crippen LogP contribution in [0.25, 0.3) is 0 Å². The van der Waals surface area contributed by atoms with Crippen LogP contribution in [-0.2, 0) is 10.0 Å². The largest absolute Gasteiger partial charge is 0.497 e. The summed E-state index contributed by atoms with van der Waals surface area (Å²) in [6, 6.07) is 3.98. The number of aromatic nitrogens is 2. The minimum atomic E-state index is -3.91. The van der Waals surface area contributed by atoms with Crippen molar-refractivity contribution in [3.63, 3.8) is 0 Å². The summed E-state index contributed by atoms with van der Waals surface area (Å²) in [4.78, 5) is 11.0. The van der Waals surface area contributed by atoms with Crippen LogP contribution in [0.1, 0.15) is 10.4 Å². The lowest BCUT2D eigenvalue weighted by molar-refractivity contribution is 0.0698. The summed E-state index contributed by atoms with van der Waals surface area (Å²) in [6.07, 6.45) is 2.30. The van der Waals surface area contributed by atoms with E-state index in [4.69, 9.17) is 9.84 Å². The molecule has 9 heteroatoms. The third kappa shape index (κ3) is 2.72. The van der Waals surface area contributed by atoms with E-state index in [2.05, 4.69) is 14.9 Å². The maximum atomic E-state index is 12.0. The smallest absolute Gasteiger partial charge is 0.337 e. The van der Waals surface area contributed by atoms with Gasteiger partial charge in [-0.2, -0.15) is 5.10 Å². The van der Waals surface area contributed by atoms with Crippen LogP contribution in [0.5, 0.6) is 5.75 Å². The first-order valence-corrected chi connectivity index (χ1v) is 6.85. The van der Waals surface area contributed by atoms with Crippen molar-refractivity contribution in [2.45, 2.75) is 4.90 Å². The number of nitrogens with zero attached hydrogens (tertiary/aromatic N) is 1. The first-order valence-electron chi connectivity index (χ1n) is 5.37. The van der Waals surface area contributed by atoms with Gasteiger partial charge in [-0.25, -0.2) is 13.2 Å². The standard InChI is InChI=1S/C11H11N3O5S/c1-19-7-2-3-9(11(15)16)10(4-7)14-20(17,18)8-5-12-13-6-8/h2-6,14H,1H3,(H,12,13)(H,15,16). The number of rotatable bonds is 5. The molecule has 0 saturated carbocycles.